The van der Waals surface area contributed by atoms with Crippen LogP contribution in [0.3, 0.4) is 0 Å². The van der Waals surface area contributed by atoms with Gasteiger partial charge in [-0.2, -0.15) is 26.3 Å². The van der Waals surface area contributed by atoms with Crippen LogP contribution in [-0.4, -0.2) is 73.1 Å². The Kier molecular flexibility index (Phi) is 15.6. The van der Waals surface area contributed by atoms with E-state index in [9.17, 15) is 49.7 Å². The molecule has 27 heteroatoms. The highest BCUT2D eigenvalue weighted by atomic mass is 19.4. The Balaban J connectivity index is 0.000000235. The summed E-state index contributed by atoms with van der Waals surface area (Å²) in [6.45, 7) is -1.41. The lowest BCUT2D eigenvalue weighted by atomic mass is 9.84. The molecule has 0 fully saturated rings. The summed E-state index contributed by atoms with van der Waals surface area (Å²) in [5.74, 6) is -13.9. The first kappa shape index (κ1) is 54.3. The van der Waals surface area contributed by atoms with E-state index in [1.54, 1.807) is 0 Å². The SMILES string of the molecule is C.CC(F)(F)Oc1ccc(-c2ccc(C(F)(F)[C@@](O)(Cn3cnnn3)c3ccc(F)cc3F)nc2)cc1.O[C@@](Cn1cnnn1)(c1ccc(F)cc1F)C(F)(F)c1ccc(-c2ccc(OC(F)(F)F)cc2)cn1. The van der Waals surface area contributed by atoms with Gasteiger partial charge in [-0.25, -0.2) is 26.9 Å². The molecule has 8 rings (SSSR count). The number of halogens is 13. The molecule has 0 spiro atoms. The molecular weight excluding hydrogens is 1000 g/mol. The van der Waals surface area contributed by atoms with Gasteiger partial charge in [0.05, 0.1) is 13.1 Å². The Hall–Kier alpha value is -8.07. The molecule has 0 radical (unpaired) electrons. The number of hydrogen-bond acceptors (Lipinski definition) is 12. The molecule has 0 unspecified atom stereocenters. The van der Waals surface area contributed by atoms with E-state index in [0.29, 0.717) is 53.9 Å². The van der Waals surface area contributed by atoms with E-state index in [-0.39, 0.29) is 18.7 Å². The lowest BCUT2D eigenvalue weighted by molar-refractivity contribution is -0.274. The molecule has 0 saturated heterocycles. The fourth-order valence-electron chi connectivity index (χ4n) is 7.03. The number of benzene rings is 4. The van der Waals surface area contributed by atoms with Gasteiger partial charge in [0.15, 0.2) is 11.2 Å². The van der Waals surface area contributed by atoms with E-state index in [1.807, 2.05) is 0 Å². The zero-order valence-electron chi connectivity index (χ0n) is 36.2. The second-order valence-corrected chi connectivity index (χ2v) is 15.5. The Morgan fingerprint density at radius 1 is 0.493 bits per heavy atom. The van der Waals surface area contributed by atoms with Crippen molar-refractivity contribution >= 4 is 0 Å². The maximum Gasteiger partial charge on any atom is 0.573 e. The van der Waals surface area contributed by atoms with Crippen molar-refractivity contribution in [2.45, 2.75) is 63.0 Å². The van der Waals surface area contributed by atoms with Crippen LogP contribution in [0.15, 0.2) is 134 Å². The first-order chi connectivity index (χ1) is 33.8. The number of aromatic nitrogens is 10. The third-order valence-electron chi connectivity index (χ3n) is 10.4. The van der Waals surface area contributed by atoms with E-state index in [2.05, 4.69) is 50.5 Å². The van der Waals surface area contributed by atoms with Crippen LogP contribution in [0, 0.1) is 23.3 Å². The molecule has 0 aliphatic rings. The average molecular weight is 1040 g/mol. The van der Waals surface area contributed by atoms with Crippen LogP contribution in [0.5, 0.6) is 11.5 Å². The standard InChI is InChI=1S/C23H17F6N5O2.C22H14F7N5O2.CH4/c1-21(26,27)36-17-6-2-14(3-7-17)15-4-9-20(30-11-15)23(28,29)22(35,12-34-13-31-32-33-34)18-8-5-16(24)10-19(18)25;23-15-4-7-17(18(24)9-15)20(35,11-34-12-31-32-33-34)21(25,26)19-8-3-14(10-30-19)13-1-5-16(6-2-13)36-22(27,28)29;/h2-11,13,35H,12H2,1H3;1-10,12,35H,11H2;1H4/t22-;20-;/m10./s1. The Morgan fingerprint density at radius 2 is 0.863 bits per heavy atom. The number of nitrogens with zero attached hydrogens (tertiary/aromatic N) is 10. The molecule has 4 heterocycles. The first-order valence-electron chi connectivity index (χ1n) is 20.3. The number of aliphatic hydroxyl groups is 2. The van der Waals surface area contributed by atoms with Crippen molar-refractivity contribution in [2.24, 2.45) is 0 Å². The second kappa shape index (κ2) is 21.0. The van der Waals surface area contributed by atoms with Crippen molar-refractivity contribution < 1.29 is 76.8 Å². The molecule has 8 aromatic rings. The summed E-state index contributed by atoms with van der Waals surface area (Å²) in [4.78, 5) is 7.46. The van der Waals surface area contributed by atoms with E-state index >= 15 is 17.6 Å². The smallest absolute Gasteiger partial charge is 0.433 e. The quantitative estimate of drug-likeness (QED) is 0.0933. The van der Waals surface area contributed by atoms with Gasteiger partial charge in [-0.1, -0.05) is 43.8 Å². The minimum Gasteiger partial charge on any atom is -0.433 e. The van der Waals surface area contributed by atoms with Gasteiger partial charge in [-0.05, 0) is 92.6 Å². The number of rotatable bonds is 15. The minimum atomic E-state index is -4.88. The summed E-state index contributed by atoms with van der Waals surface area (Å²) in [7, 11) is 0. The maximum atomic E-state index is 15.8. The molecule has 14 nitrogen and oxygen atoms in total. The molecule has 0 saturated carbocycles. The van der Waals surface area contributed by atoms with Gasteiger partial charge in [0.2, 0.25) is 0 Å². The van der Waals surface area contributed by atoms with Gasteiger partial charge in [-0.3, -0.25) is 9.97 Å². The fourth-order valence-corrected chi connectivity index (χ4v) is 7.03. The number of tetrazole rings is 2. The molecule has 4 aromatic heterocycles. The van der Waals surface area contributed by atoms with E-state index in [1.165, 1.54) is 48.5 Å². The predicted molar refractivity (Wildman–Crippen MR) is 228 cm³/mol. The van der Waals surface area contributed by atoms with Crippen molar-refractivity contribution in [1.82, 2.24) is 50.4 Å². The zero-order valence-corrected chi connectivity index (χ0v) is 36.2. The summed E-state index contributed by atoms with van der Waals surface area (Å²) in [6.07, 6.45) is -4.31. The van der Waals surface area contributed by atoms with E-state index < -0.39 is 100 Å². The van der Waals surface area contributed by atoms with Crippen molar-refractivity contribution in [3.63, 3.8) is 0 Å². The van der Waals surface area contributed by atoms with Gasteiger partial charge in [0.1, 0.15) is 58.8 Å². The average Bonchev–Trinajstić information content (AvgIpc) is 4.03. The number of alkyl halides is 9. The van der Waals surface area contributed by atoms with Crippen LogP contribution in [0.25, 0.3) is 22.3 Å². The molecule has 4 aromatic carbocycles. The van der Waals surface area contributed by atoms with Gasteiger partial charge in [-0.15, -0.1) is 23.4 Å². The summed E-state index contributed by atoms with van der Waals surface area (Å²) < 4.78 is 192. The molecule has 0 amide bonds. The summed E-state index contributed by atoms with van der Waals surface area (Å²) in [6, 6.07) is 17.8. The second-order valence-electron chi connectivity index (χ2n) is 15.5. The van der Waals surface area contributed by atoms with Crippen LogP contribution >= 0.6 is 0 Å². The first-order valence-corrected chi connectivity index (χ1v) is 20.3. The third-order valence-corrected chi connectivity index (χ3v) is 10.4. The van der Waals surface area contributed by atoms with E-state index in [0.717, 1.165) is 64.7 Å². The van der Waals surface area contributed by atoms with Gasteiger partial charge >= 0.3 is 24.3 Å². The van der Waals surface area contributed by atoms with Gasteiger partial charge in [0.25, 0.3) is 0 Å². The van der Waals surface area contributed by atoms with Crippen LogP contribution < -0.4 is 9.47 Å². The molecular formula is C46H35F13N10O4. The lowest BCUT2D eigenvalue weighted by Crippen LogP contribution is -2.48. The Morgan fingerprint density at radius 3 is 1.16 bits per heavy atom. The molecule has 0 aliphatic heterocycles. The van der Waals surface area contributed by atoms with Crippen LogP contribution in [0.4, 0.5) is 57.1 Å². The summed E-state index contributed by atoms with van der Waals surface area (Å²) in [5.41, 5.74) is -8.87. The topological polar surface area (TPSA) is 172 Å². The normalized spacial score (nSPS) is 13.7. The number of pyridine rings is 2. The fraction of sp³-hybridized carbons (Fsp3) is 0.217. The Labute approximate surface area is 403 Å². The molecule has 0 bridgehead atoms. The van der Waals surface area contributed by atoms with Crippen LogP contribution in [-0.2, 0) is 36.1 Å². The van der Waals surface area contributed by atoms with Crippen LogP contribution in [0.1, 0.15) is 36.9 Å². The van der Waals surface area contributed by atoms with Gasteiger partial charge < -0.3 is 19.7 Å². The summed E-state index contributed by atoms with van der Waals surface area (Å²) >= 11 is 0. The maximum absolute atomic E-state index is 15.8. The highest BCUT2D eigenvalue weighted by Gasteiger charge is 2.59. The van der Waals surface area contributed by atoms with E-state index in [4.69, 9.17) is 0 Å². The lowest BCUT2D eigenvalue weighted by Gasteiger charge is -2.35. The summed E-state index contributed by atoms with van der Waals surface area (Å²) in [5, 5.41) is 42.4. The Bertz CT molecular complexity index is 2870. The number of hydrogen-bond donors (Lipinski definition) is 2. The highest BCUT2D eigenvalue weighted by molar-refractivity contribution is 5.64. The monoisotopic (exact) mass is 1040 g/mol. The third kappa shape index (κ3) is 12.2. The van der Waals surface area contributed by atoms with Gasteiger partial charge in [0, 0.05) is 53.7 Å². The van der Waals surface area contributed by atoms with Crippen molar-refractivity contribution in [1.29, 1.82) is 0 Å². The molecule has 384 valence electrons. The molecule has 73 heavy (non-hydrogen) atoms. The minimum absolute atomic E-state index is 0. The number of ether oxygens (including phenoxy) is 2. The van der Waals surface area contributed by atoms with Crippen molar-refractivity contribution in [3.05, 3.63) is 180 Å². The van der Waals surface area contributed by atoms with Crippen molar-refractivity contribution in [3.8, 4) is 33.8 Å². The highest BCUT2D eigenvalue weighted by Crippen LogP contribution is 2.48. The molecule has 2 atom stereocenters. The largest absolute Gasteiger partial charge is 0.573 e. The predicted octanol–water partition coefficient (Wildman–Crippen LogP) is 9.91. The van der Waals surface area contributed by atoms with Crippen molar-refractivity contribution in [2.75, 3.05) is 0 Å². The zero-order chi connectivity index (χ0) is 52.3. The molecule has 0 aliphatic carbocycles. The molecule has 2 N–H and O–H groups in total. The van der Waals surface area contributed by atoms with Crippen LogP contribution in [0.2, 0.25) is 0 Å².